The first kappa shape index (κ1) is 21.5. The Morgan fingerprint density at radius 2 is 1.88 bits per heavy atom. The van der Waals surface area contributed by atoms with Crippen LogP contribution in [0.4, 0.5) is 5.69 Å². The third kappa shape index (κ3) is 3.74. The van der Waals surface area contributed by atoms with E-state index in [0.717, 1.165) is 28.9 Å². The van der Waals surface area contributed by atoms with Gasteiger partial charge in [-0.25, -0.2) is 14.1 Å². The summed E-state index contributed by atoms with van der Waals surface area (Å²) in [6.07, 6.45) is 0.765. The van der Waals surface area contributed by atoms with Crippen LogP contribution in [0.5, 0.6) is 0 Å². The molecule has 0 atom stereocenters. The van der Waals surface area contributed by atoms with Gasteiger partial charge in [-0.2, -0.15) is 0 Å². The molecule has 0 saturated carbocycles. The van der Waals surface area contributed by atoms with E-state index in [1.165, 1.54) is 17.3 Å². The normalized spacial score (nSPS) is 14.1. The maximum Gasteiger partial charge on any atom is 0.265 e. The van der Waals surface area contributed by atoms with Gasteiger partial charge in [0, 0.05) is 23.7 Å². The van der Waals surface area contributed by atoms with Crippen molar-refractivity contribution in [1.82, 2.24) is 19.2 Å². The predicted molar refractivity (Wildman–Crippen MR) is 131 cm³/mol. The summed E-state index contributed by atoms with van der Waals surface area (Å²) in [5, 5.41) is 7.86. The lowest BCUT2D eigenvalue weighted by molar-refractivity contribution is -0.113. The molecule has 0 radical (unpaired) electrons. The van der Waals surface area contributed by atoms with Crippen molar-refractivity contribution in [1.29, 1.82) is 0 Å². The highest BCUT2D eigenvalue weighted by Crippen LogP contribution is 2.40. The molecule has 0 aliphatic heterocycles. The van der Waals surface area contributed by atoms with E-state index in [2.05, 4.69) is 30.3 Å². The zero-order valence-electron chi connectivity index (χ0n) is 19.0. The zero-order chi connectivity index (χ0) is 23.3. The molecule has 2 aromatic carbocycles. The second-order valence-corrected chi connectivity index (χ2v) is 10.0. The number of nitrogens with one attached hydrogen (secondary N) is 1. The van der Waals surface area contributed by atoms with Crippen LogP contribution in [0.15, 0.2) is 58.5 Å². The first-order valence-electron chi connectivity index (χ1n) is 10.8. The fraction of sp³-hybridized carbons (Fsp3) is 0.280. The van der Waals surface area contributed by atoms with E-state index in [4.69, 9.17) is 4.98 Å². The van der Waals surface area contributed by atoms with E-state index in [1.54, 1.807) is 16.1 Å². The fourth-order valence-electron chi connectivity index (χ4n) is 4.45. The molecule has 0 fully saturated rings. The molecule has 168 valence electrons. The minimum absolute atomic E-state index is 0.121. The Morgan fingerprint density at radius 3 is 2.64 bits per heavy atom. The number of thioether (sulfide) groups is 1. The molecule has 33 heavy (non-hydrogen) atoms. The van der Waals surface area contributed by atoms with Crippen molar-refractivity contribution in [3.05, 3.63) is 75.6 Å². The van der Waals surface area contributed by atoms with Gasteiger partial charge in [0.15, 0.2) is 5.16 Å². The quantitative estimate of drug-likeness (QED) is 0.467. The molecule has 8 heteroatoms. The second-order valence-electron chi connectivity index (χ2n) is 9.10. The van der Waals surface area contributed by atoms with Gasteiger partial charge in [0.2, 0.25) is 11.7 Å². The molecule has 1 amide bonds. The largest absolute Gasteiger partial charge is 0.325 e. The number of aryl methyl sites for hydroxylation is 2. The third-order valence-electron chi connectivity index (χ3n) is 6.03. The number of anilines is 1. The molecule has 5 rings (SSSR count). The lowest BCUT2D eigenvalue weighted by atomic mass is 9.72. The van der Waals surface area contributed by atoms with Crippen molar-refractivity contribution in [3.63, 3.8) is 0 Å². The Hall–Kier alpha value is -3.39. The molecule has 4 aromatic rings. The molecule has 2 heterocycles. The minimum atomic E-state index is -0.366. The van der Waals surface area contributed by atoms with Gasteiger partial charge in [-0.1, -0.05) is 67.6 Å². The highest BCUT2D eigenvalue weighted by atomic mass is 32.2. The molecule has 1 N–H and O–H groups in total. The van der Waals surface area contributed by atoms with Crippen LogP contribution < -0.4 is 10.9 Å². The molecule has 0 spiro atoms. The van der Waals surface area contributed by atoms with Gasteiger partial charge in [0.05, 0.1) is 17.0 Å². The number of hydrogen-bond acceptors (Lipinski definition) is 5. The lowest BCUT2D eigenvalue weighted by Crippen LogP contribution is -2.36. The SMILES string of the molecule is Cc1ccc(NC(=O)CSc2nn(C)c3nc4c(c(=O)n23)C(C)(C)Cc2ccccc2-4)cc1. The molecule has 7 nitrogen and oxygen atoms in total. The second kappa shape index (κ2) is 7.88. The molecule has 0 bridgehead atoms. The molecule has 0 unspecified atom stereocenters. The number of rotatable bonds is 4. The first-order chi connectivity index (χ1) is 15.7. The Kier molecular flexibility index (Phi) is 5.12. The Bertz CT molecular complexity index is 1450. The number of carbonyl (C=O) groups excluding carboxylic acids is 1. The Morgan fingerprint density at radius 1 is 1.15 bits per heavy atom. The van der Waals surface area contributed by atoms with Crippen LogP contribution in [0.2, 0.25) is 0 Å². The van der Waals surface area contributed by atoms with Gasteiger partial charge < -0.3 is 5.32 Å². The molecule has 1 aliphatic rings. The molecule has 0 saturated heterocycles. The number of fused-ring (bicyclic) bond motifs is 4. The van der Waals surface area contributed by atoms with Gasteiger partial charge >= 0.3 is 0 Å². The third-order valence-corrected chi connectivity index (χ3v) is 6.96. The summed E-state index contributed by atoms with van der Waals surface area (Å²) in [4.78, 5) is 31.1. The standard InChI is InChI=1S/C25H25N5O2S/c1-15-9-11-17(12-10-15)26-19(31)14-33-24-28-29(4)23-27-21-18-8-6-5-7-16(18)13-25(2,3)20(21)22(32)30(23)24/h5-12H,13-14H2,1-4H3,(H,26,31). The van der Waals surface area contributed by atoms with Crippen LogP contribution in [0, 0.1) is 6.92 Å². The van der Waals surface area contributed by atoms with Crippen LogP contribution in [0.25, 0.3) is 17.0 Å². The van der Waals surface area contributed by atoms with Crippen LogP contribution in [0.3, 0.4) is 0 Å². The minimum Gasteiger partial charge on any atom is -0.325 e. The number of carbonyl (C=O) groups is 1. The van der Waals surface area contributed by atoms with Crippen LogP contribution in [-0.4, -0.2) is 30.8 Å². The van der Waals surface area contributed by atoms with Crippen LogP contribution in [-0.2, 0) is 23.7 Å². The molecular weight excluding hydrogens is 434 g/mol. The number of hydrogen-bond donors (Lipinski definition) is 1. The summed E-state index contributed by atoms with van der Waals surface area (Å²) in [5.74, 6) is 0.444. The van der Waals surface area contributed by atoms with Crippen molar-refractivity contribution >= 4 is 29.1 Å². The van der Waals surface area contributed by atoms with Gasteiger partial charge in [0.25, 0.3) is 5.56 Å². The average Bonchev–Trinajstić information content (AvgIpc) is 3.09. The molecular formula is C25H25N5O2S. The summed E-state index contributed by atoms with van der Waals surface area (Å²) in [6.45, 7) is 6.16. The van der Waals surface area contributed by atoms with E-state index < -0.39 is 0 Å². The Labute approximate surface area is 195 Å². The maximum atomic E-state index is 13.8. The number of benzene rings is 2. The summed E-state index contributed by atoms with van der Waals surface area (Å²) in [6, 6.07) is 15.7. The summed E-state index contributed by atoms with van der Waals surface area (Å²) < 4.78 is 3.14. The first-order valence-corrected chi connectivity index (χ1v) is 11.8. The number of aromatic nitrogens is 4. The average molecular weight is 460 g/mol. The topological polar surface area (TPSA) is 81.3 Å². The van der Waals surface area contributed by atoms with Crippen molar-refractivity contribution in [2.24, 2.45) is 7.05 Å². The highest BCUT2D eigenvalue weighted by molar-refractivity contribution is 7.99. The predicted octanol–water partition coefficient (Wildman–Crippen LogP) is 3.97. The van der Waals surface area contributed by atoms with Crippen molar-refractivity contribution in [3.8, 4) is 11.3 Å². The lowest BCUT2D eigenvalue weighted by Gasteiger charge is -2.32. The highest BCUT2D eigenvalue weighted by Gasteiger charge is 2.36. The van der Waals surface area contributed by atoms with Gasteiger partial charge in [-0.15, -0.1) is 5.10 Å². The van der Waals surface area contributed by atoms with Crippen LogP contribution >= 0.6 is 11.8 Å². The van der Waals surface area contributed by atoms with Gasteiger partial charge in [-0.3, -0.25) is 9.59 Å². The molecule has 2 aromatic heterocycles. The monoisotopic (exact) mass is 459 g/mol. The number of amides is 1. The number of nitrogens with zero attached hydrogens (tertiary/aromatic N) is 4. The summed E-state index contributed by atoms with van der Waals surface area (Å²) in [5.41, 5.74) is 4.99. The maximum absolute atomic E-state index is 13.8. The van der Waals surface area contributed by atoms with Gasteiger partial charge in [0.1, 0.15) is 0 Å². The van der Waals surface area contributed by atoms with Gasteiger partial charge in [-0.05, 0) is 31.0 Å². The summed E-state index contributed by atoms with van der Waals surface area (Å²) in [7, 11) is 1.77. The summed E-state index contributed by atoms with van der Waals surface area (Å²) >= 11 is 1.23. The van der Waals surface area contributed by atoms with E-state index >= 15 is 0 Å². The van der Waals surface area contributed by atoms with Crippen molar-refractivity contribution in [2.75, 3.05) is 11.1 Å². The van der Waals surface area contributed by atoms with E-state index in [-0.39, 0.29) is 22.6 Å². The van der Waals surface area contributed by atoms with Crippen LogP contribution in [0.1, 0.15) is 30.5 Å². The van der Waals surface area contributed by atoms with E-state index in [9.17, 15) is 9.59 Å². The van der Waals surface area contributed by atoms with Crippen molar-refractivity contribution in [2.45, 2.75) is 37.8 Å². The smallest absolute Gasteiger partial charge is 0.265 e. The zero-order valence-corrected chi connectivity index (χ0v) is 19.9. The molecule has 1 aliphatic carbocycles. The van der Waals surface area contributed by atoms with E-state index in [1.807, 2.05) is 49.4 Å². The van der Waals surface area contributed by atoms with E-state index in [0.29, 0.717) is 16.5 Å². The van der Waals surface area contributed by atoms with Crippen molar-refractivity contribution < 1.29 is 4.79 Å². The fourth-order valence-corrected chi connectivity index (χ4v) is 5.26. The Balaban J connectivity index is 1.51.